The van der Waals surface area contributed by atoms with E-state index in [2.05, 4.69) is 0 Å². The number of hydrogen-bond acceptors (Lipinski definition) is 7. The van der Waals surface area contributed by atoms with Gasteiger partial charge in [0.2, 0.25) is 5.75 Å². The van der Waals surface area contributed by atoms with Gasteiger partial charge in [0.05, 0.1) is 44.1 Å². The topological polar surface area (TPSA) is 98.0 Å². The van der Waals surface area contributed by atoms with E-state index in [4.69, 9.17) is 18.9 Å². The Bertz CT molecular complexity index is 907. The summed E-state index contributed by atoms with van der Waals surface area (Å²) in [6.45, 7) is 0. The smallest absolute Gasteiger partial charge is 0.203 e. The number of benzene rings is 2. The first-order valence-corrected chi connectivity index (χ1v) is 8.84. The Hall–Kier alpha value is -3.18. The molecule has 142 valence electrons. The lowest BCUT2D eigenvalue weighted by atomic mass is 10.2. The number of allylic oxidation sites excluding steroid dienone is 1. The lowest BCUT2D eigenvalue weighted by Crippen LogP contribution is -2.00. The third-order valence-electron chi connectivity index (χ3n) is 3.66. The molecule has 2 rings (SSSR count). The molecular weight excluding hydrogens is 370 g/mol. The van der Waals surface area contributed by atoms with Crippen molar-refractivity contribution in [3.63, 3.8) is 0 Å². The summed E-state index contributed by atoms with van der Waals surface area (Å²) in [5, 5.41) is 19.3. The highest BCUT2D eigenvalue weighted by Gasteiger charge is 2.19. The zero-order valence-corrected chi connectivity index (χ0v) is 16.1. The molecule has 0 aliphatic heterocycles. The minimum Gasteiger partial charge on any atom is -0.504 e. The fourth-order valence-electron chi connectivity index (χ4n) is 2.37. The summed E-state index contributed by atoms with van der Waals surface area (Å²) in [5.74, 6) is 1.25. The average Bonchev–Trinajstić information content (AvgIpc) is 2.70. The number of hydrogen-bond donors (Lipinski definition) is 1. The molecule has 1 N–H and O–H groups in total. The molecule has 0 aromatic heterocycles. The Kier molecular flexibility index (Phi) is 6.68. The van der Waals surface area contributed by atoms with E-state index in [1.807, 2.05) is 6.07 Å². The van der Waals surface area contributed by atoms with Crippen LogP contribution < -0.4 is 18.9 Å². The number of phenols is 1. The second-order valence-electron chi connectivity index (χ2n) is 5.18. The van der Waals surface area contributed by atoms with Crippen molar-refractivity contribution >= 4 is 16.9 Å². The molecule has 2 aromatic carbocycles. The first-order valence-electron chi connectivity index (χ1n) is 7.69. The molecule has 7 nitrogen and oxygen atoms in total. The summed E-state index contributed by atoms with van der Waals surface area (Å²) in [7, 11) is 4.00. The summed E-state index contributed by atoms with van der Waals surface area (Å²) in [4.78, 5) is 0.309. The van der Waals surface area contributed by atoms with Gasteiger partial charge in [0, 0.05) is 12.1 Å². The molecule has 0 heterocycles. The van der Waals surface area contributed by atoms with Crippen LogP contribution in [0.25, 0.3) is 6.08 Å². The molecule has 0 fully saturated rings. The molecule has 0 saturated carbocycles. The number of ether oxygens (including phenoxy) is 4. The van der Waals surface area contributed by atoms with Gasteiger partial charge in [-0.15, -0.1) is 0 Å². The van der Waals surface area contributed by atoms with Crippen LogP contribution in [0.5, 0.6) is 28.7 Å². The van der Waals surface area contributed by atoms with Crippen molar-refractivity contribution in [3.05, 3.63) is 40.8 Å². The van der Waals surface area contributed by atoms with Gasteiger partial charge >= 0.3 is 0 Å². The third-order valence-corrected chi connectivity index (χ3v) is 4.94. The van der Waals surface area contributed by atoms with Crippen molar-refractivity contribution in [3.8, 4) is 34.8 Å². The van der Waals surface area contributed by atoms with Crippen LogP contribution in [0, 0.1) is 11.3 Å². The predicted molar refractivity (Wildman–Crippen MR) is 101 cm³/mol. The minimum atomic E-state index is -1.80. The molecule has 0 aliphatic carbocycles. The molecule has 0 radical (unpaired) electrons. The number of phenolic OH excluding ortho intramolecular Hbond substituents is 1. The Labute approximate surface area is 159 Å². The second-order valence-corrected chi connectivity index (χ2v) is 6.63. The Balaban J connectivity index is 2.48. The van der Waals surface area contributed by atoms with Crippen molar-refractivity contribution in [2.75, 3.05) is 28.4 Å². The monoisotopic (exact) mass is 389 g/mol. The van der Waals surface area contributed by atoms with Gasteiger partial charge in [-0.2, -0.15) is 5.26 Å². The SMILES string of the molecule is COc1ccc(/C=C(\C#N)S(=O)c2cc(OC)c(OC)c(OC)c2)cc1O. The Morgan fingerprint density at radius 3 is 2.04 bits per heavy atom. The largest absolute Gasteiger partial charge is 0.504 e. The molecule has 0 saturated heterocycles. The van der Waals surface area contributed by atoms with Gasteiger partial charge in [-0.3, -0.25) is 0 Å². The second kappa shape index (κ2) is 8.96. The highest BCUT2D eigenvalue weighted by atomic mass is 32.2. The fourth-order valence-corrected chi connectivity index (χ4v) is 3.37. The lowest BCUT2D eigenvalue weighted by molar-refractivity contribution is 0.323. The predicted octanol–water partition coefficient (Wildman–Crippen LogP) is 3.10. The van der Waals surface area contributed by atoms with Gasteiger partial charge < -0.3 is 24.1 Å². The number of nitriles is 1. The number of aromatic hydroxyl groups is 1. The van der Waals surface area contributed by atoms with Crippen molar-refractivity contribution < 1.29 is 28.3 Å². The van der Waals surface area contributed by atoms with E-state index in [1.165, 1.54) is 52.7 Å². The summed E-state index contributed by atoms with van der Waals surface area (Å²) < 4.78 is 33.6. The first kappa shape index (κ1) is 20.1. The summed E-state index contributed by atoms with van der Waals surface area (Å²) in [6, 6.07) is 9.59. The van der Waals surface area contributed by atoms with Crippen LogP contribution in [0.1, 0.15) is 5.56 Å². The van der Waals surface area contributed by atoms with Gasteiger partial charge in [-0.1, -0.05) is 6.07 Å². The van der Waals surface area contributed by atoms with E-state index in [0.717, 1.165) is 0 Å². The Morgan fingerprint density at radius 1 is 1.00 bits per heavy atom. The maximum absolute atomic E-state index is 12.9. The van der Waals surface area contributed by atoms with Crippen molar-refractivity contribution in [2.24, 2.45) is 0 Å². The van der Waals surface area contributed by atoms with Gasteiger partial charge in [0.25, 0.3) is 0 Å². The van der Waals surface area contributed by atoms with Crippen molar-refractivity contribution in [1.82, 2.24) is 0 Å². The van der Waals surface area contributed by atoms with E-state index in [9.17, 15) is 14.6 Å². The van der Waals surface area contributed by atoms with Gasteiger partial charge in [0.1, 0.15) is 11.0 Å². The summed E-state index contributed by atoms with van der Waals surface area (Å²) in [5.41, 5.74) is 0.505. The summed E-state index contributed by atoms with van der Waals surface area (Å²) >= 11 is 0. The molecule has 0 bridgehead atoms. The molecule has 8 heteroatoms. The first-order chi connectivity index (χ1) is 13.0. The highest BCUT2D eigenvalue weighted by molar-refractivity contribution is 7.89. The van der Waals surface area contributed by atoms with Gasteiger partial charge in [0.15, 0.2) is 23.0 Å². The molecule has 1 atom stereocenters. The van der Waals surface area contributed by atoms with Crippen molar-refractivity contribution in [1.29, 1.82) is 5.26 Å². The average molecular weight is 389 g/mol. The molecule has 27 heavy (non-hydrogen) atoms. The van der Waals surface area contributed by atoms with Crippen LogP contribution in [0.3, 0.4) is 0 Å². The van der Waals surface area contributed by atoms with E-state index in [1.54, 1.807) is 12.1 Å². The van der Waals surface area contributed by atoms with Gasteiger partial charge in [-0.25, -0.2) is 4.21 Å². The molecular formula is C19H19NO6S. The number of nitrogens with zero attached hydrogens (tertiary/aromatic N) is 1. The third kappa shape index (κ3) is 4.33. The zero-order chi connectivity index (χ0) is 20.0. The lowest BCUT2D eigenvalue weighted by Gasteiger charge is -2.13. The maximum Gasteiger partial charge on any atom is 0.203 e. The molecule has 0 aliphatic rings. The normalized spacial score (nSPS) is 12.0. The fraction of sp³-hybridized carbons (Fsp3) is 0.211. The van der Waals surface area contributed by atoms with E-state index >= 15 is 0 Å². The van der Waals surface area contributed by atoms with Crippen LogP contribution in [-0.4, -0.2) is 37.8 Å². The van der Waals surface area contributed by atoms with Crippen LogP contribution in [-0.2, 0) is 10.8 Å². The van der Waals surface area contributed by atoms with Crippen LogP contribution in [0.4, 0.5) is 0 Å². The standard InChI is InChI=1S/C19H19NO6S/c1-23-16-6-5-12(8-15(16)21)7-14(11-20)27(22)13-9-17(24-2)19(26-4)18(10-13)25-3/h5-10,21H,1-4H3/b14-7+. The highest BCUT2D eigenvalue weighted by Crippen LogP contribution is 2.40. The molecule has 0 spiro atoms. The molecule has 0 amide bonds. The van der Waals surface area contributed by atoms with Gasteiger partial charge in [-0.05, 0) is 23.8 Å². The minimum absolute atomic E-state index is 0.00570. The van der Waals surface area contributed by atoms with E-state index in [-0.39, 0.29) is 10.7 Å². The molecule has 1 unspecified atom stereocenters. The number of methoxy groups -OCH3 is 4. The van der Waals surface area contributed by atoms with Crippen LogP contribution in [0.2, 0.25) is 0 Å². The van der Waals surface area contributed by atoms with Crippen molar-refractivity contribution in [2.45, 2.75) is 4.90 Å². The molecule has 2 aromatic rings. The van der Waals surface area contributed by atoms with E-state index in [0.29, 0.717) is 33.5 Å². The maximum atomic E-state index is 12.9. The summed E-state index contributed by atoms with van der Waals surface area (Å²) in [6.07, 6.45) is 1.43. The number of rotatable bonds is 7. The zero-order valence-electron chi connectivity index (χ0n) is 15.3. The quantitative estimate of drug-likeness (QED) is 0.727. The van der Waals surface area contributed by atoms with E-state index < -0.39 is 10.8 Å². The van der Waals surface area contributed by atoms with Crippen LogP contribution in [0.15, 0.2) is 40.1 Å². The van der Waals surface area contributed by atoms with Crippen LogP contribution >= 0.6 is 0 Å². The Morgan fingerprint density at radius 2 is 1.59 bits per heavy atom.